The van der Waals surface area contributed by atoms with Gasteiger partial charge in [0.2, 0.25) is 11.6 Å². The van der Waals surface area contributed by atoms with Crippen LogP contribution in [0.15, 0.2) is 35.9 Å². The van der Waals surface area contributed by atoms with Gasteiger partial charge in [-0.1, -0.05) is 38.1 Å². The van der Waals surface area contributed by atoms with Crippen LogP contribution in [0.3, 0.4) is 0 Å². The highest BCUT2D eigenvalue weighted by Gasteiger charge is 2.35. The largest absolute Gasteiger partial charge is 0.389 e. The summed E-state index contributed by atoms with van der Waals surface area (Å²) in [5, 5.41) is 9.76. The number of allylic oxidation sites excluding steroid dienone is 1. The molecule has 1 N–H and O–H groups in total. The number of Topliss-reactive ketones (excluding diaryl/α,β-unsaturated/α-hetero) is 3. The summed E-state index contributed by atoms with van der Waals surface area (Å²) in [7, 11) is 0. The highest BCUT2D eigenvalue weighted by atomic mass is 16.3. The van der Waals surface area contributed by atoms with E-state index in [-0.39, 0.29) is 22.6 Å². The summed E-state index contributed by atoms with van der Waals surface area (Å²) in [5.41, 5.74) is 0.118. The van der Waals surface area contributed by atoms with Gasteiger partial charge in [-0.25, -0.2) is 0 Å². The van der Waals surface area contributed by atoms with Gasteiger partial charge in [0, 0.05) is 11.1 Å². The summed E-state index contributed by atoms with van der Waals surface area (Å²) in [5.74, 6) is -2.18. The number of hydrogen-bond acceptors (Lipinski definition) is 4. The molecule has 0 aromatic heterocycles. The maximum atomic E-state index is 12.2. The van der Waals surface area contributed by atoms with E-state index in [1.165, 1.54) is 18.2 Å². The second-order valence-corrected chi connectivity index (χ2v) is 4.85. The lowest BCUT2D eigenvalue weighted by Crippen LogP contribution is -2.31. The average molecular weight is 258 g/mol. The normalized spacial score (nSPS) is 18.9. The quantitative estimate of drug-likeness (QED) is 0.496. The zero-order chi connectivity index (χ0) is 14.2. The van der Waals surface area contributed by atoms with Crippen LogP contribution in [-0.2, 0) is 4.79 Å². The van der Waals surface area contributed by atoms with Crippen molar-refractivity contribution in [3.63, 3.8) is 0 Å². The molecule has 4 heteroatoms. The number of rotatable bonds is 2. The number of ketones is 3. The van der Waals surface area contributed by atoms with Crippen molar-refractivity contribution in [1.82, 2.24) is 0 Å². The van der Waals surface area contributed by atoms with Crippen LogP contribution in [0.4, 0.5) is 0 Å². The number of hydrogen-bond donors (Lipinski definition) is 1. The van der Waals surface area contributed by atoms with Crippen LogP contribution in [0, 0.1) is 5.92 Å². The molecule has 0 saturated carbocycles. The molecule has 0 spiro atoms. The van der Waals surface area contributed by atoms with Gasteiger partial charge in [-0.05, 0) is 12.0 Å². The fourth-order valence-electron chi connectivity index (χ4n) is 1.89. The molecule has 1 unspecified atom stereocenters. The average Bonchev–Trinajstić information content (AvgIpc) is 2.40. The molecule has 98 valence electrons. The summed E-state index contributed by atoms with van der Waals surface area (Å²) in [6, 6.07) is 6.21. The first-order chi connectivity index (χ1) is 8.93. The summed E-state index contributed by atoms with van der Waals surface area (Å²) in [4.78, 5) is 36.0. The third-order valence-electron chi connectivity index (χ3n) is 3.13. The van der Waals surface area contributed by atoms with E-state index in [0.29, 0.717) is 0 Å². The minimum atomic E-state index is -0.930. The van der Waals surface area contributed by atoms with E-state index in [1.54, 1.807) is 26.0 Å². The molecule has 0 radical (unpaired) electrons. The van der Waals surface area contributed by atoms with Gasteiger partial charge in [0.1, 0.15) is 0 Å². The van der Waals surface area contributed by atoms with Crippen molar-refractivity contribution in [2.24, 2.45) is 5.92 Å². The van der Waals surface area contributed by atoms with Crippen LogP contribution in [0.25, 0.3) is 0 Å². The first-order valence-corrected chi connectivity index (χ1v) is 6.06. The Labute approximate surface area is 110 Å². The summed E-state index contributed by atoms with van der Waals surface area (Å²) in [6.07, 6.45) is 0.254. The van der Waals surface area contributed by atoms with E-state index in [4.69, 9.17) is 0 Å². The zero-order valence-electron chi connectivity index (χ0n) is 10.7. The van der Waals surface area contributed by atoms with E-state index < -0.39 is 23.5 Å². The van der Waals surface area contributed by atoms with Gasteiger partial charge in [-0.3, -0.25) is 14.4 Å². The maximum absolute atomic E-state index is 12.2. The van der Waals surface area contributed by atoms with Crippen molar-refractivity contribution in [2.75, 3.05) is 0 Å². The molecule has 0 heterocycles. The Morgan fingerprint density at radius 3 is 2.00 bits per heavy atom. The number of fused-ring (bicyclic) bond motifs is 1. The van der Waals surface area contributed by atoms with Crippen LogP contribution >= 0.6 is 0 Å². The van der Waals surface area contributed by atoms with Crippen molar-refractivity contribution in [3.05, 3.63) is 47.0 Å². The Balaban J connectivity index is 2.53. The standard InChI is InChI=1S/C15H14O4/c1-8(2)12(16)7-11-13(17)9-5-3-4-6-10(9)14(18)15(11)19/h3-8,12,16H,1-2H3/b11-7-. The molecule has 0 amide bonds. The highest BCUT2D eigenvalue weighted by molar-refractivity contribution is 6.59. The van der Waals surface area contributed by atoms with Crippen LogP contribution < -0.4 is 0 Å². The predicted octanol–water partition coefficient (Wildman–Crippen LogP) is 1.58. The van der Waals surface area contributed by atoms with Gasteiger partial charge < -0.3 is 5.11 Å². The SMILES string of the molecule is CC(C)C(O)/C=C1\C(=O)C(=O)c2ccccc2C1=O. The van der Waals surface area contributed by atoms with E-state index in [9.17, 15) is 19.5 Å². The van der Waals surface area contributed by atoms with Gasteiger partial charge in [0.05, 0.1) is 11.7 Å². The molecule has 0 bridgehead atoms. The number of carbonyl (C=O) groups is 3. The number of carbonyl (C=O) groups excluding carboxylic acids is 3. The third kappa shape index (κ3) is 2.27. The Morgan fingerprint density at radius 1 is 0.947 bits per heavy atom. The Hall–Kier alpha value is -2.07. The molecule has 4 nitrogen and oxygen atoms in total. The molecule has 1 aromatic rings. The number of aliphatic hydroxyl groups is 1. The molecule has 0 saturated heterocycles. The van der Waals surface area contributed by atoms with Crippen LogP contribution in [0.1, 0.15) is 34.6 Å². The lowest BCUT2D eigenvalue weighted by molar-refractivity contribution is -0.111. The predicted molar refractivity (Wildman–Crippen MR) is 69.0 cm³/mol. The molecule has 0 aliphatic heterocycles. The second kappa shape index (κ2) is 4.90. The smallest absolute Gasteiger partial charge is 0.237 e. The topological polar surface area (TPSA) is 71.4 Å². The first-order valence-electron chi connectivity index (χ1n) is 6.06. The molecule has 1 aliphatic rings. The Morgan fingerprint density at radius 2 is 1.47 bits per heavy atom. The maximum Gasteiger partial charge on any atom is 0.237 e. The van der Waals surface area contributed by atoms with Crippen molar-refractivity contribution in [3.8, 4) is 0 Å². The molecular weight excluding hydrogens is 244 g/mol. The van der Waals surface area contributed by atoms with E-state index in [2.05, 4.69) is 0 Å². The van der Waals surface area contributed by atoms with E-state index >= 15 is 0 Å². The Kier molecular flexibility index (Phi) is 3.44. The number of aliphatic hydroxyl groups excluding tert-OH is 1. The highest BCUT2D eigenvalue weighted by Crippen LogP contribution is 2.23. The summed E-state index contributed by atoms with van der Waals surface area (Å²) in [6.45, 7) is 3.52. The van der Waals surface area contributed by atoms with Crippen LogP contribution in [-0.4, -0.2) is 28.6 Å². The lowest BCUT2D eigenvalue weighted by atomic mass is 9.84. The fraction of sp³-hybridized carbons (Fsp3) is 0.267. The van der Waals surface area contributed by atoms with Gasteiger partial charge >= 0.3 is 0 Å². The van der Waals surface area contributed by atoms with Crippen molar-refractivity contribution < 1.29 is 19.5 Å². The van der Waals surface area contributed by atoms with E-state index in [0.717, 1.165) is 0 Å². The van der Waals surface area contributed by atoms with Gasteiger partial charge in [-0.2, -0.15) is 0 Å². The summed E-state index contributed by atoms with van der Waals surface area (Å²) < 4.78 is 0. The molecule has 0 fully saturated rings. The second-order valence-electron chi connectivity index (χ2n) is 4.85. The first kappa shape index (κ1) is 13.4. The lowest BCUT2D eigenvalue weighted by Gasteiger charge is -2.17. The zero-order valence-corrected chi connectivity index (χ0v) is 10.7. The van der Waals surface area contributed by atoms with Crippen molar-refractivity contribution in [2.45, 2.75) is 20.0 Å². The molecule has 2 rings (SSSR count). The van der Waals surface area contributed by atoms with Gasteiger partial charge in [0.15, 0.2) is 5.78 Å². The van der Waals surface area contributed by atoms with Crippen LogP contribution in [0.5, 0.6) is 0 Å². The summed E-state index contributed by atoms with van der Waals surface area (Å²) >= 11 is 0. The van der Waals surface area contributed by atoms with Crippen molar-refractivity contribution >= 4 is 17.3 Å². The Bertz CT molecular complexity index is 596. The van der Waals surface area contributed by atoms with E-state index in [1.807, 2.05) is 0 Å². The minimum Gasteiger partial charge on any atom is -0.389 e. The molecule has 1 aromatic carbocycles. The molecule has 19 heavy (non-hydrogen) atoms. The molecular formula is C15H14O4. The van der Waals surface area contributed by atoms with Crippen molar-refractivity contribution in [1.29, 1.82) is 0 Å². The van der Waals surface area contributed by atoms with Gasteiger partial charge in [0.25, 0.3) is 0 Å². The third-order valence-corrected chi connectivity index (χ3v) is 3.13. The monoisotopic (exact) mass is 258 g/mol. The minimum absolute atomic E-state index is 0.133. The van der Waals surface area contributed by atoms with Crippen LogP contribution in [0.2, 0.25) is 0 Å². The fourth-order valence-corrected chi connectivity index (χ4v) is 1.89. The number of benzene rings is 1. The molecule has 1 atom stereocenters. The molecule has 1 aliphatic carbocycles. The van der Waals surface area contributed by atoms with Gasteiger partial charge in [-0.15, -0.1) is 0 Å².